The molecule has 0 atom stereocenters. The maximum absolute atomic E-state index is 12.3. The molecule has 2 N–H and O–H groups in total. The van der Waals surface area contributed by atoms with Crippen LogP contribution < -0.4 is 20.1 Å². The smallest absolute Gasteiger partial charge is 0.263 e. The maximum atomic E-state index is 12.3. The lowest BCUT2D eigenvalue weighted by Gasteiger charge is -2.10. The van der Waals surface area contributed by atoms with Crippen LogP contribution in [0.15, 0.2) is 42.1 Å². The first kappa shape index (κ1) is 18.6. The highest BCUT2D eigenvalue weighted by Gasteiger charge is 2.14. The number of benzene rings is 2. The van der Waals surface area contributed by atoms with Crippen molar-refractivity contribution in [2.45, 2.75) is 20.4 Å². The Labute approximate surface area is 162 Å². The second-order valence-corrected chi connectivity index (χ2v) is 6.53. The largest absolute Gasteiger partial charge is 0.454 e. The number of ether oxygens (including phenoxy) is 2. The van der Waals surface area contributed by atoms with Gasteiger partial charge in [0, 0.05) is 12.7 Å². The van der Waals surface area contributed by atoms with E-state index in [1.165, 1.54) is 6.20 Å². The van der Waals surface area contributed by atoms with Crippen LogP contribution in [0.5, 0.6) is 11.5 Å². The summed E-state index contributed by atoms with van der Waals surface area (Å²) in [6.45, 7) is 4.31. The van der Waals surface area contributed by atoms with Gasteiger partial charge >= 0.3 is 0 Å². The van der Waals surface area contributed by atoms with E-state index in [-0.39, 0.29) is 18.9 Å². The van der Waals surface area contributed by atoms with Crippen LogP contribution >= 0.6 is 11.6 Å². The van der Waals surface area contributed by atoms with Gasteiger partial charge in [-0.2, -0.15) is 5.26 Å². The summed E-state index contributed by atoms with van der Waals surface area (Å²) in [5.41, 5.74) is 3.42. The van der Waals surface area contributed by atoms with Crippen molar-refractivity contribution >= 4 is 23.2 Å². The first-order valence-corrected chi connectivity index (χ1v) is 8.66. The lowest BCUT2D eigenvalue weighted by Crippen LogP contribution is -2.24. The average molecular weight is 384 g/mol. The minimum Gasteiger partial charge on any atom is -0.454 e. The molecule has 0 spiro atoms. The van der Waals surface area contributed by atoms with Crippen LogP contribution in [0.3, 0.4) is 0 Å². The molecule has 6 nitrogen and oxygen atoms in total. The third-order valence-electron chi connectivity index (χ3n) is 4.05. The third kappa shape index (κ3) is 4.33. The molecule has 1 heterocycles. The molecule has 0 bridgehead atoms. The van der Waals surface area contributed by atoms with Gasteiger partial charge < -0.3 is 20.1 Å². The zero-order valence-electron chi connectivity index (χ0n) is 14.9. The molecular formula is C20H18ClN3O3. The molecule has 138 valence electrons. The highest BCUT2D eigenvalue weighted by atomic mass is 35.5. The fourth-order valence-electron chi connectivity index (χ4n) is 2.72. The number of carbonyl (C=O) groups is 1. The minimum absolute atomic E-state index is 0.0493. The van der Waals surface area contributed by atoms with Crippen LogP contribution in [0.2, 0.25) is 5.02 Å². The van der Waals surface area contributed by atoms with E-state index >= 15 is 0 Å². The summed E-state index contributed by atoms with van der Waals surface area (Å²) in [6.07, 6.45) is 1.36. The zero-order chi connectivity index (χ0) is 19.4. The van der Waals surface area contributed by atoms with Crippen molar-refractivity contribution in [3.63, 3.8) is 0 Å². The highest BCUT2D eigenvalue weighted by Crippen LogP contribution is 2.32. The second-order valence-electron chi connectivity index (χ2n) is 6.12. The molecule has 0 saturated carbocycles. The fraction of sp³-hybridized carbons (Fsp3) is 0.200. The van der Waals surface area contributed by atoms with Gasteiger partial charge in [0.05, 0.1) is 10.7 Å². The van der Waals surface area contributed by atoms with Gasteiger partial charge in [0.2, 0.25) is 6.79 Å². The van der Waals surface area contributed by atoms with E-state index in [2.05, 4.69) is 10.6 Å². The molecule has 3 rings (SSSR count). The van der Waals surface area contributed by atoms with Crippen LogP contribution in [0.4, 0.5) is 5.69 Å². The van der Waals surface area contributed by atoms with Gasteiger partial charge in [-0.15, -0.1) is 0 Å². The Balaban J connectivity index is 1.66. The van der Waals surface area contributed by atoms with Crippen LogP contribution in [0, 0.1) is 25.2 Å². The number of nitriles is 1. The summed E-state index contributed by atoms with van der Waals surface area (Å²) in [7, 11) is 0. The zero-order valence-corrected chi connectivity index (χ0v) is 15.7. The molecule has 1 aliphatic rings. The molecule has 0 radical (unpaired) electrons. The van der Waals surface area contributed by atoms with E-state index in [1.807, 2.05) is 38.1 Å². The molecule has 0 saturated heterocycles. The van der Waals surface area contributed by atoms with Crippen molar-refractivity contribution in [2.24, 2.45) is 0 Å². The molecular weight excluding hydrogens is 366 g/mol. The Morgan fingerprint density at radius 1 is 1.26 bits per heavy atom. The summed E-state index contributed by atoms with van der Waals surface area (Å²) in [5.74, 6) is 0.838. The Hall–Kier alpha value is -3.17. The topological polar surface area (TPSA) is 83.4 Å². The molecule has 27 heavy (non-hydrogen) atoms. The standard InChI is InChI=1S/C20H18ClN3O3/c1-12-5-13(2)19(16(21)6-12)23-10-15(8-22)20(25)24-9-14-3-4-17-18(7-14)27-11-26-17/h3-7,10,23H,9,11H2,1-2H3,(H,24,25)/b15-10-. The molecule has 0 aliphatic carbocycles. The van der Waals surface area contributed by atoms with Gasteiger partial charge in [0.25, 0.3) is 5.91 Å². The number of nitrogens with zero attached hydrogens (tertiary/aromatic N) is 1. The number of aryl methyl sites for hydroxylation is 2. The van der Waals surface area contributed by atoms with E-state index < -0.39 is 5.91 Å². The summed E-state index contributed by atoms with van der Waals surface area (Å²) in [4.78, 5) is 12.3. The number of hydrogen-bond donors (Lipinski definition) is 2. The van der Waals surface area contributed by atoms with E-state index in [0.29, 0.717) is 22.2 Å². The first-order chi connectivity index (χ1) is 13.0. The lowest BCUT2D eigenvalue weighted by atomic mass is 10.1. The minimum atomic E-state index is -0.483. The van der Waals surface area contributed by atoms with Gasteiger partial charge in [-0.1, -0.05) is 23.7 Å². The van der Waals surface area contributed by atoms with Crippen LogP contribution in [0.25, 0.3) is 0 Å². The molecule has 1 aliphatic heterocycles. The van der Waals surface area contributed by atoms with Gasteiger partial charge in [-0.25, -0.2) is 0 Å². The van der Waals surface area contributed by atoms with Gasteiger partial charge in [0.1, 0.15) is 11.6 Å². The van der Waals surface area contributed by atoms with E-state index in [9.17, 15) is 10.1 Å². The number of amides is 1. The van der Waals surface area contributed by atoms with Crippen molar-refractivity contribution in [3.05, 3.63) is 63.8 Å². The van der Waals surface area contributed by atoms with E-state index in [4.69, 9.17) is 21.1 Å². The first-order valence-electron chi connectivity index (χ1n) is 8.28. The number of fused-ring (bicyclic) bond motifs is 1. The number of hydrogen-bond acceptors (Lipinski definition) is 5. The van der Waals surface area contributed by atoms with Crippen molar-refractivity contribution in [1.82, 2.24) is 5.32 Å². The third-order valence-corrected chi connectivity index (χ3v) is 4.35. The van der Waals surface area contributed by atoms with E-state index in [0.717, 1.165) is 16.7 Å². The Morgan fingerprint density at radius 3 is 2.78 bits per heavy atom. The predicted octanol–water partition coefficient (Wildman–Crippen LogP) is 3.82. The van der Waals surface area contributed by atoms with Gasteiger partial charge in [-0.05, 0) is 48.7 Å². The van der Waals surface area contributed by atoms with Crippen molar-refractivity contribution in [2.75, 3.05) is 12.1 Å². The van der Waals surface area contributed by atoms with Crippen LogP contribution in [-0.2, 0) is 11.3 Å². The Kier molecular flexibility index (Phi) is 5.53. The van der Waals surface area contributed by atoms with Crippen molar-refractivity contribution in [1.29, 1.82) is 5.26 Å². The number of anilines is 1. The van der Waals surface area contributed by atoms with Crippen LogP contribution in [0.1, 0.15) is 16.7 Å². The predicted molar refractivity (Wildman–Crippen MR) is 103 cm³/mol. The number of nitrogens with one attached hydrogen (secondary N) is 2. The molecule has 2 aromatic carbocycles. The normalized spacial score (nSPS) is 12.4. The van der Waals surface area contributed by atoms with Crippen LogP contribution in [-0.4, -0.2) is 12.7 Å². The van der Waals surface area contributed by atoms with Crippen molar-refractivity contribution in [3.8, 4) is 17.6 Å². The molecule has 0 aromatic heterocycles. The summed E-state index contributed by atoms with van der Waals surface area (Å²) in [5, 5.41) is 15.5. The Morgan fingerprint density at radius 2 is 2.04 bits per heavy atom. The summed E-state index contributed by atoms with van der Waals surface area (Å²) in [6, 6.07) is 11.1. The Bertz CT molecular complexity index is 940. The number of halogens is 1. The molecule has 0 fully saturated rings. The quantitative estimate of drug-likeness (QED) is 0.605. The lowest BCUT2D eigenvalue weighted by molar-refractivity contribution is -0.117. The molecule has 1 amide bonds. The fourth-order valence-corrected chi connectivity index (χ4v) is 3.10. The summed E-state index contributed by atoms with van der Waals surface area (Å²) >= 11 is 6.23. The van der Waals surface area contributed by atoms with E-state index in [1.54, 1.807) is 12.1 Å². The highest BCUT2D eigenvalue weighted by molar-refractivity contribution is 6.33. The molecule has 7 heteroatoms. The molecule has 2 aromatic rings. The summed E-state index contributed by atoms with van der Waals surface area (Å²) < 4.78 is 10.6. The average Bonchev–Trinajstić information content (AvgIpc) is 3.09. The van der Waals surface area contributed by atoms with Gasteiger partial charge in [-0.3, -0.25) is 4.79 Å². The van der Waals surface area contributed by atoms with Crippen molar-refractivity contribution < 1.29 is 14.3 Å². The number of rotatable bonds is 5. The SMILES string of the molecule is Cc1cc(C)c(N/C=C(/C#N)C(=O)NCc2ccc3c(c2)OCO3)c(Cl)c1. The second kappa shape index (κ2) is 8.02. The monoisotopic (exact) mass is 383 g/mol. The van der Waals surface area contributed by atoms with Gasteiger partial charge in [0.15, 0.2) is 11.5 Å². The number of carbonyl (C=O) groups excluding carboxylic acids is 1. The molecule has 0 unspecified atom stereocenters. The maximum Gasteiger partial charge on any atom is 0.263 e.